The number of nitrogens with one attached hydrogen (secondary N) is 1. The standard InChI is InChI=1S/C19H20N2O5S/c1-14(22)26-19-12-11-18(23)21(19)13-15-7-9-16(10-8-15)20-27(24,25)17-5-3-2-4-6-17/h2-10,19-20H,11-13H2,1H3. The van der Waals surface area contributed by atoms with Crippen LogP contribution in [0.15, 0.2) is 59.5 Å². The number of nitrogens with zero attached hydrogens (tertiary/aromatic N) is 1. The van der Waals surface area contributed by atoms with E-state index < -0.39 is 22.2 Å². The minimum Gasteiger partial charge on any atom is -0.442 e. The maximum Gasteiger partial charge on any atom is 0.304 e. The summed E-state index contributed by atoms with van der Waals surface area (Å²) in [6.45, 7) is 1.61. The van der Waals surface area contributed by atoms with Crippen LogP contribution in [0, 0.1) is 0 Å². The minimum atomic E-state index is -3.65. The number of amides is 1. The smallest absolute Gasteiger partial charge is 0.304 e. The molecule has 1 saturated heterocycles. The summed E-state index contributed by atoms with van der Waals surface area (Å²) < 4.78 is 32.4. The van der Waals surface area contributed by atoms with Crippen LogP contribution in [0.25, 0.3) is 0 Å². The lowest BCUT2D eigenvalue weighted by Crippen LogP contribution is -2.35. The molecule has 0 bridgehead atoms. The van der Waals surface area contributed by atoms with Gasteiger partial charge in [-0.1, -0.05) is 30.3 Å². The van der Waals surface area contributed by atoms with Gasteiger partial charge in [0.25, 0.3) is 10.0 Å². The van der Waals surface area contributed by atoms with E-state index in [1.807, 2.05) is 0 Å². The molecule has 0 aliphatic carbocycles. The number of carbonyl (C=O) groups excluding carboxylic acids is 2. The molecule has 1 aliphatic heterocycles. The molecule has 27 heavy (non-hydrogen) atoms. The van der Waals surface area contributed by atoms with Crippen molar-refractivity contribution in [3.05, 3.63) is 60.2 Å². The Labute approximate surface area is 158 Å². The number of hydrogen-bond donors (Lipinski definition) is 1. The van der Waals surface area contributed by atoms with Crippen molar-refractivity contribution in [1.82, 2.24) is 4.90 Å². The van der Waals surface area contributed by atoms with E-state index in [0.29, 0.717) is 25.1 Å². The van der Waals surface area contributed by atoms with Crippen molar-refractivity contribution in [2.45, 2.75) is 37.4 Å². The molecule has 142 valence electrons. The Morgan fingerprint density at radius 2 is 1.81 bits per heavy atom. The fraction of sp³-hybridized carbons (Fsp3) is 0.263. The molecule has 0 aromatic heterocycles. The van der Waals surface area contributed by atoms with Gasteiger partial charge in [-0.25, -0.2) is 8.42 Å². The highest BCUT2D eigenvalue weighted by atomic mass is 32.2. The lowest BCUT2D eigenvalue weighted by Gasteiger charge is -2.24. The van der Waals surface area contributed by atoms with Crippen molar-refractivity contribution in [2.75, 3.05) is 4.72 Å². The fourth-order valence-corrected chi connectivity index (χ4v) is 3.98. The quantitative estimate of drug-likeness (QED) is 0.768. The van der Waals surface area contributed by atoms with E-state index >= 15 is 0 Å². The predicted octanol–water partition coefficient (Wildman–Crippen LogP) is 2.50. The first-order chi connectivity index (χ1) is 12.8. The predicted molar refractivity (Wildman–Crippen MR) is 99.0 cm³/mol. The van der Waals surface area contributed by atoms with Gasteiger partial charge in [-0.05, 0) is 29.8 Å². The Morgan fingerprint density at radius 1 is 1.15 bits per heavy atom. The van der Waals surface area contributed by atoms with E-state index in [-0.39, 0.29) is 10.8 Å². The molecule has 2 aromatic carbocycles. The average molecular weight is 388 g/mol. The van der Waals surface area contributed by atoms with Gasteiger partial charge in [-0.15, -0.1) is 0 Å². The number of esters is 1. The molecule has 7 nitrogen and oxygen atoms in total. The van der Waals surface area contributed by atoms with Gasteiger partial charge in [-0.3, -0.25) is 14.3 Å². The van der Waals surface area contributed by atoms with Crippen molar-refractivity contribution in [3.8, 4) is 0 Å². The van der Waals surface area contributed by atoms with Crippen LogP contribution in [0.2, 0.25) is 0 Å². The summed E-state index contributed by atoms with van der Waals surface area (Å²) in [6.07, 6.45) is 0.270. The van der Waals surface area contributed by atoms with Gasteiger partial charge in [0.1, 0.15) is 0 Å². The highest BCUT2D eigenvalue weighted by Crippen LogP contribution is 2.23. The van der Waals surface area contributed by atoms with Crippen LogP contribution in [0.5, 0.6) is 0 Å². The number of ether oxygens (including phenoxy) is 1. The third kappa shape index (κ3) is 4.65. The van der Waals surface area contributed by atoms with Crippen LogP contribution in [0.4, 0.5) is 5.69 Å². The van der Waals surface area contributed by atoms with E-state index in [1.54, 1.807) is 42.5 Å². The zero-order chi connectivity index (χ0) is 19.4. The Hall–Kier alpha value is -2.87. The second-order valence-electron chi connectivity index (χ2n) is 6.24. The molecular formula is C19H20N2O5S. The molecule has 1 N–H and O–H groups in total. The maximum atomic E-state index is 12.3. The molecule has 1 atom stereocenters. The molecule has 2 aromatic rings. The van der Waals surface area contributed by atoms with Gasteiger partial charge in [-0.2, -0.15) is 0 Å². The van der Waals surface area contributed by atoms with E-state index in [2.05, 4.69) is 4.72 Å². The number of rotatable bonds is 6. The number of sulfonamides is 1. The molecule has 1 heterocycles. The van der Waals surface area contributed by atoms with E-state index in [1.165, 1.54) is 24.0 Å². The lowest BCUT2D eigenvalue weighted by molar-refractivity contribution is -0.157. The topological polar surface area (TPSA) is 92.8 Å². The molecule has 1 aliphatic rings. The minimum absolute atomic E-state index is 0.0740. The number of hydrogen-bond acceptors (Lipinski definition) is 5. The van der Waals surface area contributed by atoms with Gasteiger partial charge in [0.2, 0.25) is 5.91 Å². The van der Waals surface area contributed by atoms with Crippen molar-refractivity contribution in [1.29, 1.82) is 0 Å². The summed E-state index contributed by atoms with van der Waals surface area (Å²) in [5, 5.41) is 0. The highest BCUT2D eigenvalue weighted by Gasteiger charge is 2.33. The van der Waals surface area contributed by atoms with E-state index in [0.717, 1.165) is 5.56 Å². The Bertz CT molecular complexity index is 926. The van der Waals surface area contributed by atoms with Crippen molar-refractivity contribution < 1.29 is 22.7 Å². The van der Waals surface area contributed by atoms with Gasteiger partial charge in [0, 0.05) is 32.0 Å². The first-order valence-corrected chi connectivity index (χ1v) is 9.97. The molecule has 3 rings (SSSR count). The summed E-state index contributed by atoms with van der Waals surface area (Å²) in [7, 11) is -3.65. The second-order valence-corrected chi connectivity index (χ2v) is 7.92. The zero-order valence-electron chi connectivity index (χ0n) is 14.8. The molecule has 0 radical (unpaired) electrons. The Morgan fingerprint density at radius 3 is 2.44 bits per heavy atom. The number of benzene rings is 2. The normalized spacial score (nSPS) is 17.0. The van der Waals surface area contributed by atoms with Gasteiger partial charge < -0.3 is 9.64 Å². The van der Waals surface area contributed by atoms with Crippen LogP contribution in [0.3, 0.4) is 0 Å². The first-order valence-electron chi connectivity index (χ1n) is 8.49. The molecule has 0 saturated carbocycles. The summed E-state index contributed by atoms with van der Waals surface area (Å²) in [4.78, 5) is 24.9. The van der Waals surface area contributed by atoms with Crippen LogP contribution < -0.4 is 4.72 Å². The molecule has 1 fully saturated rings. The number of likely N-dealkylation sites (tertiary alicyclic amines) is 1. The maximum absolute atomic E-state index is 12.3. The first kappa shape index (κ1) is 18.9. The van der Waals surface area contributed by atoms with Gasteiger partial charge in [0.15, 0.2) is 6.23 Å². The summed E-state index contributed by atoms with van der Waals surface area (Å²) >= 11 is 0. The SMILES string of the molecule is CC(=O)OC1CCC(=O)N1Cc1ccc(NS(=O)(=O)c2ccccc2)cc1. The number of carbonyl (C=O) groups is 2. The monoisotopic (exact) mass is 388 g/mol. The Balaban J connectivity index is 1.68. The largest absolute Gasteiger partial charge is 0.442 e. The summed E-state index contributed by atoms with van der Waals surface area (Å²) in [5.74, 6) is -0.500. The Kier molecular flexibility index (Phi) is 5.46. The van der Waals surface area contributed by atoms with Gasteiger partial charge >= 0.3 is 5.97 Å². The van der Waals surface area contributed by atoms with Gasteiger partial charge in [0.05, 0.1) is 4.90 Å². The van der Waals surface area contributed by atoms with Crippen molar-refractivity contribution in [2.24, 2.45) is 0 Å². The third-order valence-electron chi connectivity index (χ3n) is 4.19. The summed E-state index contributed by atoms with van der Waals surface area (Å²) in [5.41, 5.74) is 1.23. The molecule has 1 amide bonds. The lowest BCUT2D eigenvalue weighted by atomic mass is 10.2. The molecular weight excluding hydrogens is 368 g/mol. The van der Waals surface area contributed by atoms with Crippen molar-refractivity contribution >= 4 is 27.6 Å². The van der Waals surface area contributed by atoms with E-state index in [4.69, 9.17) is 4.74 Å². The number of anilines is 1. The summed E-state index contributed by atoms with van der Waals surface area (Å²) in [6, 6.07) is 14.8. The second kappa shape index (κ2) is 7.79. The molecule has 8 heteroatoms. The van der Waals surface area contributed by atoms with Crippen LogP contribution in [-0.4, -0.2) is 31.4 Å². The fourth-order valence-electron chi connectivity index (χ4n) is 2.90. The van der Waals surface area contributed by atoms with Crippen LogP contribution in [0.1, 0.15) is 25.3 Å². The molecule has 1 unspecified atom stereocenters. The average Bonchev–Trinajstić information content (AvgIpc) is 2.96. The molecule has 0 spiro atoms. The van der Waals surface area contributed by atoms with Crippen LogP contribution >= 0.6 is 0 Å². The van der Waals surface area contributed by atoms with Crippen molar-refractivity contribution in [3.63, 3.8) is 0 Å². The van der Waals surface area contributed by atoms with E-state index in [9.17, 15) is 18.0 Å². The highest BCUT2D eigenvalue weighted by molar-refractivity contribution is 7.92. The third-order valence-corrected chi connectivity index (χ3v) is 5.58. The zero-order valence-corrected chi connectivity index (χ0v) is 15.6. The van der Waals surface area contributed by atoms with Crippen LogP contribution in [-0.2, 0) is 30.9 Å².